The quantitative estimate of drug-likeness (QED) is 0.797. The number of benzene rings is 1. The zero-order chi connectivity index (χ0) is 11.9. The lowest BCUT2D eigenvalue weighted by Crippen LogP contribution is -2.53. The topological polar surface area (TPSA) is 15.3 Å². The monoisotopic (exact) mass is 230 g/mol. The molecule has 1 unspecified atom stereocenters. The summed E-state index contributed by atoms with van der Waals surface area (Å²) in [6.07, 6.45) is 1.28. The van der Waals surface area contributed by atoms with Crippen molar-refractivity contribution in [3.05, 3.63) is 35.4 Å². The van der Waals surface area contributed by atoms with E-state index in [4.69, 9.17) is 0 Å². The summed E-state index contributed by atoms with van der Waals surface area (Å²) >= 11 is 0. The molecule has 1 aromatic carbocycles. The lowest BCUT2D eigenvalue weighted by molar-refractivity contribution is 0.0570. The maximum Gasteiger partial charge on any atom is 0.0243 e. The van der Waals surface area contributed by atoms with E-state index in [9.17, 15) is 0 Å². The van der Waals surface area contributed by atoms with Crippen molar-refractivity contribution in [2.75, 3.05) is 13.1 Å². The second kappa shape index (κ2) is 4.11. The molecule has 0 radical (unpaired) electrons. The van der Waals surface area contributed by atoms with Gasteiger partial charge in [-0.25, -0.2) is 0 Å². The number of hydrogen-bond acceptors (Lipinski definition) is 2. The van der Waals surface area contributed by atoms with E-state index in [1.54, 1.807) is 0 Å². The standard InChI is InChI=1S/C15H22N2/c1-15(2)11-16-8-7-14(15)17-9-12-5-3-4-6-13(12)10-17/h3-6,14,16H,7-11H2,1-2H3. The summed E-state index contributed by atoms with van der Waals surface area (Å²) in [5.41, 5.74) is 3.45. The van der Waals surface area contributed by atoms with E-state index < -0.39 is 0 Å². The molecule has 1 aromatic rings. The minimum Gasteiger partial charge on any atom is -0.316 e. The summed E-state index contributed by atoms with van der Waals surface area (Å²) < 4.78 is 0. The fraction of sp³-hybridized carbons (Fsp3) is 0.600. The van der Waals surface area contributed by atoms with Gasteiger partial charge in [0.05, 0.1) is 0 Å². The summed E-state index contributed by atoms with van der Waals surface area (Å²) in [4.78, 5) is 2.67. The molecule has 0 saturated carbocycles. The Bertz CT molecular complexity index is 386. The van der Waals surface area contributed by atoms with Gasteiger partial charge in [-0.15, -0.1) is 0 Å². The van der Waals surface area contributed by atoms with E-state index in [0.29, 0.717) is 5.41 Å². The summed E-state index contributed by atoms with van der Waals surface area (Å²) in [6, 6.07) is 9.61. The molecule has 2 heteroatoms. The third-order valence-electron chi connectivity index (χ3n) is 4.38. The van der Waals surface area contributed by atoms with Gasteiger partial charge >= 0.3 is 0 Å². The molecule has 0 aliphatic carbocycles. The maximum atomic E-state index is 3.52. The third-order valence-corrected chi connectivity index (χ3v) is 4.38. The maximum absolute atomic E-state index is 3.52. The van der Waals surface area contributed by atoms with E-state index >= 15 is 0 Å². The van der Waals surface area contributed by atoms with Crippen molar-refractivity contribution in [3.63, 3.8) is 0 Å². The van der Waals surface area contributed by atoms with Crippen LogP contribution in [0.25, 0.3) is 0 Å². The van der Waals surface area contributed by atoms with Crippen LogP contribution >= 0.6 is 0 Å². The largest absolute Gasteiger partial charge is 0.316 e. The summed E-state index contributed by atoms with van der Waals surface area (Å²) in [5.74, 6) is 0. The highest BCUT2D eigenvalue weighted by molar-refractivity contribution is 5.30. The number of fused-ring (bicyclic) bond motifs is 1. The van der Waals surface area contributed by atoms with Crippen LogP contribution in [0.15, 0.2) is 24.3 Å². The summed E-state index contributed by atoms with van der Waals surface area (Å²) in [7, 11) is 0. The Morgan fingerprint density at radius 1 is 1.18 bits per heavy atom. The molecule has 17 heavy (non-hydrogen) atoms. The Hall–Kier alpha value is -0.860. The second-order valence-corrected chi connectivity index (χ2v) is 6.14. The van der Waals surface area contributed by atoms with Gasteiger partial charge in [0.1, 0.15) is 0 Å². The highest BCUT2D eigenvalue weighted by Gasteiger charge is 2.38. The molecule has 0 amide bonds. The lowest BCUT2D eigenvalue weighted by atomic mass is 9.79. The van der Waals surface area contributed by atoms with E-state index in [1.807, 2.05) is 0 Å². The molecule has 1 N–H and O–H groups in total. The predicted molar refractivity (Wildman–Crippen MR) is 70.7 cm³/mol. The Kier molecular flexibility index (Phi) is 2.72. The first-order valence-corrected chi connectivity index (χ1v) is 6.68. The minimum atomic E-state index is 0.389. The van der Waals surface area contributed by atoms with Gasteiger partial charge in [0.15, 0.2) is 0 Å². The number of rotatable bonds is 1. The zero-order valence-electron chi connectivity index (χ0n) is 10.9. The molecule has 2 aliphatic rings. The van der Waals surface area contributed by atoms with Gasteiger partial charge in [-0.2, -0.15) is 0 Å². The Morgan fingerprint density at radius 3 is 2.41 bits per heavy atom. The van der Waals surface area contributed by atoms with E-state index in [0.717, 1.165) is 25.7 Å². The van der Waals surface area contributed by atoms with Crippen LogP contribution in [0, 0.1) is 5.41 Å². The molecule has 1 fully saturated rings. The first-order chi connectivity index (χ1) is 8.17. The van der Waals surface area contributed by atoms with Crippen LogP contribution < -0.4 is 5.32 Å². The molecule has 2 heterocycles. The molecule has 3 rings (SSSR count). The molecule has 0 aromatic heterocycles. The molecule has 2 nitrogen and oxygen atoms in total. The highest BCUT2D eigenvalue weighted by Crippen LogP contribution is 2.35. The van der Waals surface area contributed by atoms with Gasteiger partial charge < -0.3 is 5.32 Å². The number of hydrogen-bond donors (Lipinski definition) is 1. The molecule has 0 spiro atoms. The molecular formula is C15H22N2. The van der Waals surface area contributed by atoms with E-state index in [1.165, 1.54) is 24.1 Å². The number of piperidine rings is 1. The molecule has 0 bridgehead atoms. The van der Waals surface area contributed by atoms with Crippen molar-refractivity contribution in [1.29, 1.82) is 0 Å². The van der Waals surface area contributed by atoms with Crippen LogP contribution in [0.1, 0.15) is 31.4 Å². The van der Waals surface area contributed by atoms with Crippen LogP contribution in [0.4, 0.5) is 0 Å². The van der Waals surface area contributed by atoms with Crippen LogP contribution in [0.3, 0.4) is 0 Å². The average molecular weight is 230 g/mol. The van der Waals surface area contributed by atoms with E-state index in [-0.39, 0.29) is 0 Å². The van der Waals surface area contributed by atoms with Gasteiger partial charge in [-0.05, 0) is 29.5 Å². The van der Waals surface area contributed by atoms with Crippen molar-refractivity contribution in [2.45, 2.75) is 39.4 Å². The van der Waals surface area contributed by atoms with Crippen LogP contribution in [-0.2, 0) is 13.1 Å². The first-order valence-electron chi connectivity index (χ1n) is 6.68. The molecular weight excluding hydrogens is 208 g/mol. The van der Waals surface area contributed by atoms with Crippen LogP contribution in [0.2, 0.25) is 0 Å². The van der Waals surface area contributed by atoms with Crippen molar-refractivity contribution in [1.82, 2.24) is 10.2 Å². The van der Waals surface area contributed by atoms with Gasteiger partial charge in [-0.1, -0.05) is 38.1 Å². The highest BCUT2D eigenvalue weighted by atomic mass is 15.2. The summed E-state index contributed by atoms with van der Waals surface area (Å²) in [5, 5.41) is 3.52. The van der Waals surface area contributed by atoms with Crippen molar-refractivity contribution < 1.29 is 0 Å². The van der Waals surface area contributed by atoms with Gasteiger partial charge in [-0.3, -0.25) is 4.90 Å². The summed E-state index contributed by atoms with van der Waals surface area (Å²) in [6.45, 7) is 9.39. The van der Waals surface area contributed by atoms with E-state index in [2.05, 4.69) is 48.3 Å². The Labute approximate surface area is 104 Å². The number of nitrogens with zero attached hydrogens (tertiary/aromatic N) is 1. The fourth-order valence-corrected chi connectivity index (χ4v) is 3.41. The van der Waals surface area contributed by atoms with Gasteiger partial charge in [0.25, 0.3) is 0 Å². The SMILES string of the molecule is CC1(C)CNCCC1N1Cc2ccccc2C1. The van der Waals surface area contributed by atoms with Crippen molar-refractivity contribution in [3.8, 4) is 0 Å². The third kappa shape index (κ3) is 2.00. The Balaban J connectivity index is 1.79. The van der Waals surface area contributed by atoms with Gasteiger partial charge in [0.2, 0.25) is 0 Å². The smallest absolute Gasteiger partial charge is 0.0243 e. The predicted octanol–water partition coefficient (Wildman–Crippen LogP) is 2.39. The minimum absolute atomic E-state index is 0.389. The average Bonchev–Trinajstić information content (AvgIpc) is 2.71. The Morgan fingerprint density at radius 2 is 1.82 bits per heavy atom. The van der Waals surface area contributed by atoms with Crippen molar-refractivity contribution in [2.24, 2.45) is 5.41 Å². The molecule has 2 aliphatic heterocycles. The molecule has 1 saturated heterocycles. The second-order valence-electron chi connectivity index (χ2n) is 6.14. The lowest BCUT2D eigenvalue weighted by Gasteiger charge is -2.44. The molecule has 1 atom stereocenters. The zero-order valence-corrected chi connectivity index (χ0v) is 10.9. The normalized spacial score (nSPS) is 28.0. The first kappa shape index (κ1) is 11.2. The molecule has 92 valence electrons. The van der Waals surface area contributed by atoms with Crippen LogP contribution in [0.5, 0.6) is 0 Å². The van der Waals surface area contributed by atoms with Crippen LogP contribution in [-0.4, -0.2) is 24.0 Å². The van der Waals surface area contributed by atoms with Gasteiger partial charge in [0, 0.05) is 25.7 Å². The number of nitrogens with one attached hydrogen (secondary N) is 1. The van der Waals surface area contributed by atoms with Crippen molar-refractivity contribution >= 4 is 0 Å². The fourth-order valence-electron chi connectivity index (χ4n) is 3.41.